The van der Waals surface area contributed by atoms with Gasteiger partial charge in [-0.3, -0.25) is 0 Å². The Kier molecular flexibility index (Phi) is 5.96. The summed E-state index contributed by atoms with van der Waals surface area (Å²) < 4.78 is 44.5. The summed E-state index contributed by atoms with van der Waals surface area (Å²) in [5.41, 5.74) is 1.73. The van der Waals surface area contributed by atoms with Gasteiger partial charge in [-0.2, -0.15) is 0 Å². The molecule has 1 heterocycles. The van der Waals surface area contributed by atoms with Crippen LogP contribution in [0.5, 0.6) is 0 Å². The molecule has 0 spiro atoms. The van der Waals surface area contributed by atoms with E-state index < -0.39 is 7.25 Å². The molecule has 1 saturated heterocycles. The lowest BCUT2D eigenvalue weighted by Gasteiger charge is -2.40. The van der Waals surface area contributed by atoms with Gasteiger partial charge in [-0.25, -0.2) is 0 Å². The molecule has 9 heteroatoms. The van der Waals surface area contributed by atoms with Crippen LogP contribution in [-0.2, 0) is 4.74 Å². The van der Waals surface area contributed by atoms with Crippen LogP contribution in [0.25, 0.3) is 4.98 Å². The molecule has 2 unspecified atom stereocenters. The Morgan fingerprint density at radius 3 is 1.90 bits per heavy atom. The van der Waals surface area contributed by atoms with Crippen LogP contribution in [0.2, 0.25) is 0 Å². The molecule has 4 nitrogen and oxygen atoms in total. The standard InChI is InChI=1S/C12H16N3O.BF4/c1-9-7-16-8-10(2)15(9)12-5-3-11(14-13)4-6-12;2-1(3,4)5/h3-6,9-10H,7-8H2,1-2H3;/q+1;-1. The smallest absolute Gasteiger partial charge is 0.418 e. The summed E-state index contributed by atoms with van der Waals surface area (Å²) in [4.78, 5) is 5.49. The highest BCUT2D eigenvalue weighted by Crippen LogP contribution is 2.25. The summed E-state index contributed by atoms with van der Waals surface area (Å²) in [6, 6.07) is 8.33. The molecule has 1 aliphatic heterocycles. The molecule has 1 aromatic rings. The predicted molar refractivity (Wildman–Crippen MR) is 73.6 cm³/mol. The van der Waals surface area contributed by atoms with Gasteiger partial charge in [-0.15, -0.1) is 0 Å². The number of ether oxygens (including phenoxy) is 1. The summed E-state index contributed by atoms with van der Waals surface area (Å²) in [6.07, 6.45) is 0. The Hall–Kier alpha value is -1.82. The highest BCUT2D eigenvalue weighted by atomic mass is 19.5. The summed E-state index contributed by atoms with van der Waals surface area (Å²) >= 11 is 0. The van der Waals surface area contributed by atoms with Crippen molar-refractivity contribution in [1.29, 1.82) is 5.39 Å². The Morgan fingerprint density at radius 2 is 1.52 bits per heavy atom. The molecule has 1 aromatic carbocycles. The molecule has 2 atom stereocenters. The molecule has 0 aromatic heterocycles. The minimum absolute atomic E-state index is 0.376. The second kappa shape index (κ2) is 7.27. The first kappa shape index (κ1) is 17.2. The molecule has 0 amide bonds. The van der Waals surface area contributed by atoms with E-state index in [1.54, 1.807) is 0 Å². The summed E-state index contributed by atoms with van der Waals surface area (Å²) in [6.45, 7) is 5.83. The summed E-state index contributed by atoms with van der Waals surface area (Å²) in [5, 5.41) is 8.63. The monoisotopic (exact) mass is 305 g/mol. The van der Waals surface area contributed by atoms with Crippen LogP contribution >= 0.6 is 0 Å². The van der Waals surface area contributed by atoms with E-state index in [1.165, 1.54) is 0 Å². The van der Waals surface area contributed by atoms with Gasteiger partial charge in [0.05, 0.1) is 13.2 Å². The molecule has 0 saturated carbocycles. The first-order chi connectivity index (χ1) is 9.72. The Bertz CT molecular complexity index is 473. The van der Waals surface area contributed by atoms with E-state index in [4.69, 9.17) is 10.1 Å². The van der Waals surface area contributed by atoms with Crippen molar-refractivity contribution in [3.63, 3.8) is 0 Å². The molecule has 2 rings (SSSR count). The maximum absolute atomic E-state index is 9.75. The number of hydrogen-bond donors (Lipinski definition) is 0. The van der Waals surface area contributed by atoms with E-state index in [9.17, 15) is 17.3 Å². The zero-order chi connectivity index (χ0) is 16.0. The van der Waals surface area contributed by atoms with Gasteiger partial charge in [0.15, 0.2) is 4.98 Å². The maximum atomic E-state index is 9.75. The highest BCUT2D eigenvalue weighted by Gasteiger charge is 2.25. The Balaban J connectivity index is 0.000000383. The fourth-order valence-electron chi connectivity index (χ4n) is 2.20. The molecule has 21 heavy (non-hydrogen) atoms. The second-order valence-electron chi connectivity index (χ2n) is 4.75. The van der Waals surface area contributed by atoms with Crippen molar-refractivity contribution in [1.82, 2.24) is 0 Å². The van der Waals surface area contributed by atoms with Crippen LogP contribution in [0.1, 0.15) is 13.8 Å². The van der Waals surface area contributed by atoms with E-state index in [2.05, 4.69) is 23.7 Å². The molecular weight excluding hydrogens is 289 g/mol. The van der Waals surface area contributed by atoms with Gasteiger partial charge in [0.1, 0.15) is 0 Å². The van der Waals surface area contributed by atoms with Crippen molar-refractivity contribution < 1.29 is 22.0 Å². The minimum Gasteiger partial charge on any atom is -0.418 e. The zero-order valence-electron chi connectivity index (χ0n) is 11.7. The fraction of sp³-hybridized carbons (Fsp3) is 0.500. The predicted octanol–water partition coefficient (Wildman–Crippen LogP) is 4.08. The third-order valence-corrected chi connectivity index (χ3v) is 2.93. The van der Waals surface area contributed by atoms with E-state index in [0.717, 1.165) is 18.9 Å². The van der Waals surface area contributed by atoms with Gasteiger partial charge in [0.2, 0.25) is 5.39 Å². The Morgan fingerprint density at radius 1 is 1.10 bits per heavy atom. The van der Waals surface area contributed by atoms with Gasteiger partial charge in [0, 0.05) is 29.9 Å². The lowest BCUT2D eigenvalue weighted by Crippen LogP contribution is -2.49. The van der Waals surface area contributed by atoms with Crippen molar-refractivity contribution in [3.8, 4) is 0 Å². The van der Waals surface area contributed by atoms with Crippen molar-refractivity contribution in [3.05, 3.63) is 29.2 Å². The summed E-state index contributed by atoms with van der Waals surface area (Å²) in [5.74, 6) is 0. The normalized spacial score (nSPS) is 22.0. The minimum atomic E-state index is -6.00. The van der Waals surface area contributed by atoms with E-state index in [-0.39, 0.29) is 0 Å². The first-order valence-corrected chi connectivity index (χ1v) is 6.41. The first-order valence-electron chi connectivity index (χ1n) is 6.41. The molecule has 0 aliphatic carbocycles. The van der Waals surface area contributed by atoms with Gasteiger partial charge in [-0.05, 0) is 26.0 Å². The van der Waals surface area contributed by atoms with Crippen LogP contribution in [0.3, 0.4) is 0 Å². The topological polar surface area (TPSA) is 40.6 Å². The number of halogens is 4. The van der Waals surface area contributed by atoms with Crippen molar-refractivity contribution in [2.75, 3.05) is 18.1 Å². The fourth-order valence-corrected chi connectivity index (χ4v) is 2.20. The zero-order valence-corrected chi connectivity index (χ0v) is 11.7. The molecule has 1 aliphatic rings. The molecule has 0 N–H and O–H groups in total. The van der Waals surface area contributed by atoms with Crippen LogP contribution in [0.15, 0.2) is 24.3 Å². The van der Waals surface area contributed by atoms with Crippen molar-refractivity contribution >= 4 is 18.6 Å². The molecular formula is C12H16BF4N3O. The van der Waals surface area contributed by atoms with Crippen LogP contribution in [0.4, 0.5) is 28.6 Å². The number of rotatable bonds is 1. The lowest BCUT2D eigenvalue weighted by atomic mass is 10.1. The molecule has 116 valence electrons. The molecule has 0 radical (unpaired) electrons. The van der Waals surface area contributed by atoms with E-state index in [1.807, 2.05) is 24.3 Å². The molecule has 1 fully saturated rings. The molecule has 0 bridgehead atoms. The lowest BCUT2D eigenvalue weighted by molar-refractivity contribution is 0.0757. The largest absolute Gasteiger partial charge is 0.673 e. The summed E-state index contributed by atoms with van der Waals surface area (Å²) in [7, 11) is -6.00. The number of nitrogens with zero attached hydrogens (tertiary/aromatic N) is 3. The van der Waals surface area contributed by atoms with Crippen LogP contribution < -0.4 is 4.90 Å². The highest BCUT2D eigenvalue weighted by molar-refractivity contribution is 6.50. The van der Waals surface area contributed by atoms with Crippen LogP contribution in [0, 0.1) is 5.39 Å². The van der Waals surface area contributed by atoms with E-state index in [0.29, 0.717) is 17.8 Å². The average molecular weight is 305 g/mol. The van der Waals surface area contributed by atoms with Gasteiger partial charge < -0.3 is 26.9 Å². The maximum Gasteiger partial charge on any atom is 0.673 e. The third-order valence-electron chi connectivity index (χ3n) is 2.93. The SMILES string of the molecule is CC1COCC(C)N1c1ccc([N+]#N)cc1.F[B-](F)(F)F. The van der Waals surface area contributed by atoms with Crippen molar-refractivity contribution in [2.45, 2.75) is 25.9 Å². The van der Waals surface area contributed by atoms with Gasteiger partial charge in [-0.1, -0.05) is 0 Å². The average Bonchev–Trinajstić information content (AvgIpc) is 2.37. The second-order valence-corrected chi connectivity index (χ2v) is 4.75. The number of anilines is 1. The number of benzene rings is 1. The Labute approximate surface area is 120 Å². The van der Waals surface area contributed by atoms with Crippen LogP contribution in [-0.4, -0.2) is 32.6 Å². The van der Waals surface area contributed by atoms with Gasteiger partial charge in [0.25, 0.3) is 0 Å². The van der Waals surface area contributed by atoms with E-state index >= 15 is 0 Å². The number of hydrogen-bond acceptors (Lipinski definition) is 3. The van der Waals surface area contributed by atoms with Gasteiger partial charge >= 0.3 is 12.9 Å². The quantitative estimate of drug-likeness (QED) is 0.446. The van der Waals surface area contributed by atoms with Crippen molar-refractivity contribution in [2.24, 2.45) is 0 Å². The third kappa shape index (κ3) is 6.00. The number of morpholine rings is 1. The number of diazo groups is 1.